The van der Waals surface area contributed by atoms with Gasteiger partial charge in [0.15, 0.2) is 5.76 Å². The fourth-order valence-corrected chi connectivity index (χ4v) is 3.34. The second-order valence-electron chi connectivity index (χ2n) is 6.98. The molecule has 0 bridgehead atoms. The molecule has 7 heteroatoms. The van der Waals surface area contributed by atoms with Crippen molar-refractivity contribution in [2.75, 3.05) is 14.2 Å². The van der Waals surface area contributed by atoms with E-state index in [1.54, 1.807) is 44.4 Å². The molecule has 0 N–H and O–H groups in total. The molecule has 3 aromatic carbocycles. The van der Waals surface area contributed by atoms with Crippen LogP contribution in [0.2, 0.25) is 0 Å². The lowest BCUT2D eigenvalue weighted by atomic mass is 10.1. The standard InChI is InChI=1S/C25H19FO6/c1-14-20(32-25(28)17-6-4-5-7-19(17)26)11-10-18-23(27)22(31-24(14)18)12-15-8-9-16(29-2)13-21(15)30-3/h4-13H,1-3H3/b22-12-. The zero-order valence-corrected chi connectivity index (χ0v) is 17.6. The van der Waals surface area contributed by atoms with Crippen LogP contribution in [0.15, 0.2) is 60.4 Å². The number of carbonyl (C=O) groups excluding carboxylic acids is 2. The number of ketones is 1. The summed E-state index contributed by atoms with van der Waals surface area (Å²) in [6, 6.07) is 13.7. The number of carbonyl (C=O) groups is 2. The molecule has 0 aliphatic carbocycles. The Morgan fingerprint density at radius 3 is 2.50 bits per heavy atom. The number of esters is 1. The third-order valence-electron chi connectivity index (χ3n) is 5.06. The fourth-order valence-electron chi connectivity index (χ4n) is 3.34. The van der Waals surface area contributed by atoms with Crippen molar-refractivity contribution in [3.8, 4) is 23.0 Å². The Morgan fingerprint density at radius 2 is 1.78 bits per heavy atom. The lowest BCUT2D eigenvalue weighted by Gasteiger charge is -2.10. The first-order valence-corrected chi connectivity index (χ1v) is 9.69. The van der Waals surface area contributed by atoms with Crippen LogP contribution < -0.4 is 18.9 Å². The zero-order chi connectivity index (χ0) is 22.8. The molecule has 4 rings (SSSR count). The van der Waals surface area contributed by atoms with Gasteiger partial charge in [-0.2, -0.15) is 0 Å². The van der Waals surface area contributed by atoms with Gasteiger partial charge < -0.3 is 18.9 Å². The molecule has 6 nitrogen and oxygen atoms in total. The van der Waals surface area contributed by atoms with E-state index in [1.807, 2.05) is 0 Å². The maximum Gasteiger partial charge on any atom is 0.346 e. The quantitative estimate of drug-likeness (QED) is 0.320. The summed E-state index contributed by atoms with van der Waals surface area (Å²) in [5.41, 5.74) is 1.24. The Labute approximate surface area is 183 Å². The molecule has 1 heterocycles. The number of allylic oxidation sites excluding steroid dienone is 1. The molecule has 0 saturated carbocycles. The van der Waals surface area contributed by atoms with Crippen molar-refractivity contribution in [3.05, 3.63) is 88.4 Å². The van der Waals surface area contributed by atoms with E-state index in [9.17, 15) is 14.0 Å². The first-order valence-electron chi connectivity index (χ1n) is 9.69. The van der Waals surface area contributed by atoms with Crippen LogP contribution in [-0.4, -0.2) is 26.0 Å². The van der Waals surface area contributed by atoms with Crippen molar-refractivity contribution in [1.82, 2.24) is 0 Å². The maximum absolute atomic E-state index is 13.9. The Hall–Kier alpha value is -4.13. The normalized spacial score (nSPS) is 13.5. The summed E-state index contributed by atoms with van der Waals surface area (Å²) >= 11 is 0. The third-order valence-corrected chi connectivity index (χ3v) is 5.06. The molecular formula is C25H19FO6. The Bertz CT molecular complexity index is 1260. The van der Waals surface area contributed by atoms with E-state index in [-0.39, 0.29) is 28.6 Å². The molecular weight excluding hydrogens is 415 g/mol. The number of halogens is 1. The molecule has 0 amide bonds. The van der Waals surface area contributed by atoms with Crippen LogP contribution in [0, 0.1) is 12.7 Å². The van der Waals surface area contributed by atoms with Crippen LogP contribution in [0.5, 0.6) is 23.0 Å². The number of methoxy groups -OCH3 is 2. The van der Waals surface area contributed by atoms with Crippen LogP contribution in [0.3, 0.4) is 0 Å². The minimum absolute atomic E-state index is 0.101. The van der Waals surface area contributed by atoms with E-state index >= 15 is 0 Å². The largest absolute Gasteiger partial charge is 0.497 e. The van der Waals surface area contributed by atoms with Gasteiger partial charge in [-0.05, 0) is 49.4 Å². The molecule has 1 aliphatic rings. The lowest BCUT2D eigenvalue weighted by Crippen LogP contribution is -2.11. The summed E-state index contributed by atoms with van der Waals surface area (Å²) in [6.07, 6.45) is 1.57. The van der Waals surface area contributed by atoms with Gasteiger partial charge in [-0.25, -0.2) is 9.18 Å². The van der Waals surface area contributed by atoms with Gasteiger partial charge in [0, 0.05) is 17.2 Å². The average Bonchev–Trinajstić information content (AvgIpc) is 3.12. The number of benzene rings is 3. The van der Waals surface area contributed by atoms with Gasteiger partial charge in [0.1, 0.15) is 28.8 Å². The number of Topliss-reactive ketones (excluding diaryl/α,β-unsaturated/α-hetero) is 1. The molecule has 0 radical (unpaired) electrons. The van der Waals surface area contributed by atoms with Crippen LogP contribution in [0.25, 0.3) is 6.08 Å². The maximum atomic E-state index is 13.9. The van der Waals surface area contributed by atoms with Crippen molar-refractivity contribution < 1.29 is 32.9 Å². The van der Waals surface area contributed by atoms with E-state index in [4.69, 9.17) is 18.9 Å². The molecule has 32 heavy (non-hydrogen) atoms. The minimum Gasteiger partial charge on any atom is -0.497 e. The van der Waals surface area contributed by atoms with Crippen molar-refractivity contribution in [3.63, 3.8) is 0 Å². The first kappa shape index (κ1) is 21.1. The van der Waals surface area contributed by atoms with E-state index < -0.39 is 11.8 Å². The topological polar surface area (TPSA) is 71.1 Å². The van der Waals surface area contributed by atoms with Gasteiger partial charge in [0.2, 0.25) is 5.78 Å². The summed E-state index contributed by atoms with van der Waals surface area (Å²) in [4.78, 5) is 25.2. The van der Waals surface area contributed by atoms with E-state index in [0.29, 0.717) is 28.2 Å². The summed E-state index contributed by atoms with van der Waals surface area (Å²) in [6.45, 7) is 1.66. The summed E-state index contributed by atoms with van der Waals surface area (Å²) in [5, 5.41) is 0. The van der Waals surface area contributed by atoms with Crippen molar-refractivity contribution in [2.45, 2.75) is 6.92 Å². The van der Waals surface area contributed by atoms with Gasteiger partial charge in [0.25, 0.3) is 0 Å². The molecule has 0 fully saturated rings. The SMILES string of the molecule is COc1ccc(/C=C2\Oc3c(ccc(OC(=O)c4ccccc4F)c3C)C2=O)c(OC)c1. The molecule has 0 saturated heterocycles. The second-order valence-corrected chi connectivity index (χ2v) is 6.98. The minimum atomic E-state index is -0.839. The lowest BCUT2D eigenvalue weighted by molar-refractivity contribution is 0.0728. The number of rotatable bonds is 5. The molecule has 0 unspecified atom stereocenters. The Kier molecular flexibility index (Phi) is 5.64. The average molecular weight is 434 g/mol. The highest BCUT2D eigenvalue weighted by Gasteiger charge is 2.31. The number of hydrogen-bond acceptors (Lipinski definition) is 6. The smallest absolute Gasteiger partial charge is 0.346 e. The van der Waals surface area contributed by atoms with Gasteiger partial charge in [-0.1, -0.05) is 12.1 Å². The monoisotopic (exact) mass is 434 g/mol. The molecule has 3 aromatic rings. The highest BCUT2D eigenvalue weighted by Crippen LogP contribution is 2.40. The highest BCUT2D eigenvalue weighted by atomic mass is 19.1. The second kappa shape index (κ2) is 8.55. The first-order chi connectivity index (χ1) is 15.4. The van der Waals surface area contributed by atoms with Gasteiger partial charge in [-0.15, -0.1) is 0 Å². The highest BCUT2D eigenvalue weighted by molar-refractivity contribution is 6.15. The van der Waals surface area contributed by atoms with Crippen molar-refractivity contribution in [2.24, 2.45) is 0 Å². The van der Waals surface area contributed by atoms with Gasteiger partial charge in [-0.3, -0.25) is 4.79 Å². The van der Waals surface area contributed by atoms with E-state index in [0.717, 1.165) is 0 Å². The predicted octanol–water partition coefficient (Wildman–Crippen LogP) is 4.99. The van der Waals surface area contributed by atoms with Crippen molar-refractivity contribution >= 4 is 17.8 Å². The molecule has 1 aliphatic heterocycles. The molecule has 0 spiro atoms. The van der Waals surface area contributed by atoms with Gasteiger partial charge in [0.05, 0.1) is 25.3 Å². The van der Waals surface area contributed by atoms with Crippen LogP contribution >= 0.6 is 0 Å². The van der Waals surface area contributed by atoms with Crippen LogP contribution in [0.1, 0.15) is 31.8 Å². The van der Waals surface area contributed by atoms with E-state index in [2.05, 4.69) is 0 Å². The van der Waals surface area contributed by atoms with Crippen LogP contribution in [0.4, 0.5) is 4.39 Å². The zero-order valence-electron chi connectivity index (χ0n) is 17.6. The molecule has 0 aromatic heterocycles. The summed E-state index contributed by atoms with van der Waals surface area (Å²) in [7, 11) is 3.07. The number of fused-ring (bicyclic) bond motifs is 1. The fraction of sp³-hybridized carbons (Fsp3) is 0.120. The Balaban J connectivity index is 1.63. The number of ether oxygens (including phenoxy) is 4. The number of hydrogen-bond donors (Lipinski definition) is 0. The predicted molar refractivity (Wildman–Crippen MR) is 115 cm³/mol. The molecule has 0 atom stereocenters. The summed E-state index contributed by atoms with van der Waals surface area (Å²) in [5.74, 6) is -0.142. The molecule has 162 valence electrons. The Morgan fingerprint density at radius 1 is 1.00 bits per heavy atom. The summed E-state index contributed by atoms with van der Waals surface area (Å²) < 4.78 is 35.6. The van der Waals surface area contributed by atoms with Crippen molar-refractivity contribution in [1.29, 1.82) is 0 Å². The van der Waals surface area contributed by atoms with Crippen LogP contribution in [-0.2, 0) is 0 Å². The van der Waals surface area contributed by atoms with Gasteiger partial charge >= 0.3 is 5.97 Å². The third kappa shape index (κ3) is 3.80. The van der Waals surface area contributed by atoms with E-state index in [1.165, 1.54) is 37.4 Å².